The molecule has 0 radical (unpaired) electrons. The van der Waals surface area contributed by atoms with Gasteiger partial charge >= 0.3 is 0 Å². The molecule has 1 aromatic heterocycles. The molecule has 5 nitrogen and oxygen atoms in total. The van der Waals surface area contributed by atoms with Crippen LogP contribution in [0.15, 0.2) is 71.2 Å². The second-order valence-corrected chi connectivity index (χ2v) is 6.90. The van der Waals surface area contributed by atoms with Gasteiger partial charge in [0.1, 0.15) is 17.3 Å². The molecule has 0 fully saturated rings. The van der Waals surface area contributed by atoms with Crippen LogP contribution in [0.3, 0.4) is 0 Å². The van der Waals surface area contributed by atoms with Crippen molar-refractivity contribution in [3.05, 3.63) is 83.1 Å². The predicted molar refractivity (Wildman–Crippen MR) is 119 cm³/mol. The molecule has 0 spiro atoms. The van der Waals surface area contributed by atoms with Gasteiger partial charge in [0.2, 0.25) is 5.91 Å². The predicted octanol–water partition coefficient (Wildman–Crippen LogP) is 4.81. The minimum Gasteiger partial charge on any atom is -0.497 e. The maximum absolute atomic E-state index is 12.0. The number of amides is 1. The summed E-state index contributed by atoms with van der Waals surface area (Å²) in [6, 6.07) is 18.5. The Hall–Kier alpha value is -3.09. The molecule has 0 atom stereocenters. The Balaban J connectivity index is 1.47. The summed E-state index contributed by atoms with van der Waals surface area (Å²) in [5, 5.41) is 6.44. The normalized spacial score (nSPS) is 10.7. The van der Waals surface area contributed by atoms with Crippen LogP contribution in [0.5, 0.6) is 5.75 Å². The molecule has 0 saturated carbocycles. The number of hydrogen-bond acceptors (Lipinski definition) is 4. The fourth-order valence-electron chi connectivity index (χ4n) is 2.49. The van der Waals surface area contributed by atoms with Gasteiger partial charge in [-0.25, -0.2) is 0 Å². The monoisotopic (exact) mass is 426 g/mol. The van der Waals surface area contributed by atoms with Gasteiger partial charge in [-0.1, -0.05) is 23.7 Å². The SMILES string of the molecule is COc1ccc(/C=C/C(=O)NC(=S)NCc2ccc(-c3ccc(Cl)cc3)o2)cc1. The van der Waals surface area contributed by atoms with E-state index in [0.717, 1.165) is 22.6 Å². The molecule has 3 aromatic rings. The highest BCUT2D eigenvalue weighted by Crippen LogP contribution is 2.23. The zero-order valence-corrected chi connectivity index (χ0v) is 17.2. The highest BCUT2D eigenvalue weighted by atomic mass is 35.5. The fraction of sp³-hybridized carbons (Fsp3) is 0.0909. The van der Waals surface area contributed by atoms with Crippen LogP contribution in [0.4, 0.5) is 0 Å². The Morgan fingerprint density at radius 2 is 1.83 bits per heavy atom. The summed E-state index contributed by atoms with van der Waals surface area (Å²) < 4.78 is 10.9. The number of carbonyl (C=O) groups is 1. The molecule has 0 bridgehead atoms. The van der Waals surface area contributed by atoms with E-state index in [-0.39, 0.29) is 11.0 Å². The van der Waals surface area contributed by atoms with Crippen LogP contribution in [0, 0.1) is 0 Å². The minimum absolute atomic E-state index is 0.221. The van der Waals surface area contributed by atoms with E-state index >= 15 is 0 Å². The fourth-order valence-corrected chi connectivity index (χ4v) is 2.79. The van der Waals surface area contributed by atoms with E-state index in [1.54, 1.807) is 25.3 Å². The highest BCUT2D eigenvalue weighted by molar-refractivity contribution is 7.80. The van der Waals surface area contributed by atoms with Crippen molar-refractivity contribution in [2.24, 2.45) is 0 Å². The van der Waals surface area contributed by atoms with Gasteiger partial charge in [-0.05, 0) is 72.4 Å². The Morgan fingerprint density at radius 3 is 2.52 bits per heavy atom. The molecule has 0 aliphatic heterocycles. The number of hydrogen-bond donors (Lipinski definition) is 2. The molecule has 0 aliphatic rings. The quantitative estimate of drug-likeness (QED) is 0.437. The van der Waals surface area contributed by atoms with Gasteiger partial charge in [0.25, 0.3) is 0 Å². The van der Waals surface area contributed by atoms with E-state index in [1.165, 1.54) is 6.08 Å². The number of nitrogens with one attached hydrogen (secondary N) is 2. The van der Waals surface area contributed by atoms with Crippen molar-refractivity contribution in [3.63, 3.8) is 0 Å². The van der Waals surface area contributed by atoms with Crippen LogP contribution in [0.25, 0.3) is 17.4 Å². The summed E-state index contributed by atoms with van der Waals surface area (Å²) >= 11 is 11.1. The molecule has 0 saturated heterocycles. The lowest BCUT2D eigenvalue weighted by Crippen LogP contribution is -2.37. The molecular formula is C22H19ClN2O3S. The second-order valence-electron chi connectivity index (χ2n) is 6.05. The first-order valence-electron chi connectivity index (χ1n) is 8.79. The van der Waals surface area contributed by atoms with Crippen molar-refractivity contribution in [2.75, 3.05) is 7.11 Å². The Bertz CT molecular complexity index is 1010. The van der Waals surface area contributed by atoms with Gasteiger partial charge in [-0.15, -0.1) is 0 Å². The van der Waals surface area contributed by atoms with Crippen LogP contribution >= 0.6 is 23.8 Å². The van der Waals surface area contributed by atoms with E-state index < -0.39 is 0 Å². The first-order valence-corrected chi connectivity index (χ1v) is 9.58. The lowest BCUT2D eigenvalue weighted by Gasteiger charge is -2.06. The van der Waals surface area contributed by atoms with Gasteiger partial charge in [0.15, 0.2) is 5.11 Å². The number of carbonyl (C=O) groups excluding carboxylic acids is 1. The number of halogens is 1. The number of rotatable bonds is 6. The van der Waals surface area contributed by atoms with Crippen molar-refractivity contribution < 1.29 is 13.9 Å². The third-order valence-electron chi connectivity index (χ3n) is 3.99. The lowest BCUT2D eigenvalue weighted by atomic mass is 10.2. The third-order valence-corrected chi connectivity index (χ3v) is 4.49. The van der Waals surface area contributed by atoms with Gasteiger partial charge in [-0.3, -0.25) is 10.1 Å². The van der Waals surface area contributed by atoms with Gasteiger partial charge in [0, 0.05) is 16.7 Å². The molecule has 148 valence electrons. The van der Waals surface area contributed by atoms with Crippen molar-refractivity contribution in [1.29, 1.82) is 0 Å². The van der Waals surface area contributed by atoms with E-state index in [0.29, 0.717) is 17.3 Å². The summed E-state index contributed by atoms with van der Waals surface area (Å²) in [4.78, 5) is 12.0. The van der Waals surface area contributed by atoms with Crippen LogP contribution < -0.4 is 15.4 Å². The average Bonchev–Trinajstić information content (AvgIpc) is 3.21. The average molecular weight is 427 g/mol. The summed E-state index contributed by atoms with van der Waals surface area (Å²) in [5.41, 5.74) is 1.81. The highest BCUT2D eigenvalue weighted by Gasteiger charge is 2.06. The topological polar surface area (TPSA) is 63.5 Å². The summed E-state index contributed by atoms with van der Waals surface area (Å²) in [6.07, 6.45) is 3.11. The van der Waals surface area contributed by atoms with E-state index in [4.69, 9.17) is 33.0 Å². The first kappa shape index (κ1) is 20.6. The minimum atomic E-state index is -0.320. The van der Waals surface area contributed by atoms with E-state index in [9.17, 15) is 4.79 Å². The Kier molecular flexibility index (Phi) is 7.05. The Morgan fingerprint density at radius 1 is 1.10 bits per heavy atom. The molecule has 0 unspecified atom stereocenters. The molecule has 7 heteroatoms. The largest absolute Gasteiger partial charge is 0.497 e. The number of furan rings is 1. The molecule has 3 rings (SSSR count). The van der Waals surface area contributed by atoms with Crippen molar-refractivity contribution in [2.45, 2.75) is 6.54 Å². The number of methoxy groups -OCH3 is 1. The number of ether oxygens (including phenoxy) is 1. The molecule has 2 N–H and O–H groups in total. The maximum Gasteiger partial charge on any atom is 0.250 e. The standard InChI is InChI=1S/C22H19ClN2O3S/c1-27-18-9-2-15(3-10-18)4-13-21(26)25-22(29)24-14-19-11-12-20(28-19)16-5-7-17(23)8-6-16/h2-13H,14H2,1H3,(H2,24,25,26,29)/b13-4+. The molecule has 29 heavy (non-hydrogen) atoms. The number of thiocarbonyl (C=S) groups is 1. The molecule has 2 aromatic carbocycles. The number of benzene rings is 2. The first-order chi connectivity index (χ1) is 14.0. The van der Waals surface area contributed by atoms with Crippen LogP contribution in [-0.4, -0.2) is 18.1 Å². The van der Waals surface area contributed by atoms with Crippen LogP contribution in [-0.2, 0) is 11.3 Å². The van der Waals surface area contributed by atoms with Gasteiger partial charge in [0.05, 0.1) is 13.7 Å². The third kappa shape index (κ3) is 6.20. The van der Waals surface area contributed by atoms with Crippen molar-refractivity contribution in [1.82, 2.24) is 10.6 Å². The summed E-state index contributed by atoms with van der Waals surface area (Å²) in [6.45, 7) is 0.356. The smallest absolute Gasteiger partial charge is 0.250 e. The molecular weight excluding hydrogens is 408 g/mol. The van der Waals surface area contributed by atoms with E-state index in [1.807, 2.05) is 48.5 Å². The van der Waals surface area contributed by atoms with Gasteiger partial charge < -0.3 is 14.5 Å². The maximum atomic E-state index is 12.0. The Labute approximate surface area is 179 Å². The lowest BCUT2D eigenvalue weighted by molar-refractivity contribution is -0.115. The zero-order valence-electron chi connectivity index (χ0n) is 15.6. The molecule has 1 amide bonds. The molecule has 1 heterocycles. The second kappa shape index (κ2) is 9.91. The van der Waals surface area contributed by atoms with Gasteiger partial charge in [-0.2, -0.15) is 0 Å². The zero-order chi connectivity index (χ0) is 20.6. The van der Waals surface area contributed by atoms with Crippen LogP contribution in [0.1, 0.15) is 11.3 Å². The summed E-state index contributed by atoms with van der Waals surface area (Å²) in [7, 11) is 1.60. The molecule has 0 aliphatic carbocycles. The van der Waals surface area contributed by atoms with Crippen LogP contribution in [0.2, 0.25) is 5.02 Å². The van der Waals surface area contributed by atoms with Crippen molar-refractivity contribution in [3.8, 4) is 17.1 Å². The van der Waals surface area contributed by atoms with E-state index in [2.05, 4.69) is 10.6 Å². The summed E-state index contributed by atoms with van der Waals surface area (Å²) in [5.74, 6) is 1.87. The van der Waals surface area contributed by atoms with Crippen molar-refractivity contribution >= 4 is 40.9 Å².